The molecule has 1 aromatic carbocycles. The second kappa shape index (κ2) is 8.57. The number of ether oxygens (including phenoxy) is 1. The van der Waals surface area contributed by atoms with Crippen molar-refractivity contribution in [2.75, 3.05) is 25.5 Å². The first kappa shape index (κ1) is 19.9. The number of furan rings is 1. The minimum atomic E-state index is -0.474. The number of fused-ring (bicyclic) bond motifs is 1. The zero-order chi connectivity index (χ0) is 20.4. The van der Waals surface area contributed by atoms with Gasteiger partial charge in [-0.15, -0.1) is 11.3 Å². The van der Waals surface area contributed by atoms with Crippen LogP contribution in [0, 0.1) is 0 Å². The number of thiophene rings is 1. The highest BCUT2D eigenvalue weighted by atomic mass is 35.5. The molecule has 2 aromatic heterocycles. The lowest BCUT2D eigenvalue weighted by molar-refractivity contribution is 0.0606. The predicted molar refractivity (Wildman–Crippen MR) is 114 cm³/mol. The van der Waals surface area contributed by atoms with Crippen LogP contribution < -0.4 is 5.32 Å². The molecule has 8 heteroatoms. The molecule has 0 radical (unpaired) electrons. The van der Waals surface area contributed by atoms with Gasteiger partial charge >= 0.3 is 5.97 Å². The molecule has 1 aliphatic heterocycles. The Morgan fingerprint density at radius 2 is 2.00 bits per heavy atom. The van der Waals surface area contributed by atoms with E-state index in [1.807, 2.05) is 6.07 Å². The predicted octanol–water partition coefficient (Wildman–Crippen LogP) is 5.17. The first-order valence-corrected chi connectivity index (χ1v) is 10.7. The Morgan fingerprint density at radius 3 is 2.76 bits per heavy atom. The van der Waals surface area contributed by atoms with Gasteiger partial charge in [0.05, 0.1) is 18.7 Å². The summed E-state index contributed by atoms with van der Waals surface area (Å²) in [4.78, 5) is 27.1. The van der Waals surface area contributed by atoms with Crippen LogP contribution in [-0.2, 0) is 11.3 Å². The SMILES string of the molecule is COC(=O)c1sc2cc(NC(=O)c3ccc(CN4CCCCC4)o3)ccc2c1Cl. The quantitative estimate of drug-likeness (QED) is 0.563. The van der Waals surface area contributed by atoms with Gasteiger partial charge in [0.15, 0.2) is 5.76 Å². The number of piperidine rings is 1. The summed E-state index contributed by atoms with van der Waals surface area (Å²) in [6.07, 6.45) is 3.70. The zero-order valence-corrected chi connectivity index (χ0v) is 17.6. The molecule has 1 fully saturated rings. The second-order valence-corrected chi connectivity index (χ2v) is 8.43. The standard InChI is InChI=1S/C21H21ClN2O4S/c1-27-21(26)19-18(22)15-7-5-13(11-17(15)29-19)23-20(25)16-8-6-14(28-16)12-24-9-3-2-4-10-24/h5-8,11H,2-4,9-10,12H2,1H3,(H,23,25). The Bertz CT molecular complexity index is 1050. The summed E-state index contributed by atoms with van der Waals surface area (Å²) in [5.74, 6) is 0.278. The summed E-state index contributed by atoms with van der Waals surface area (Å²) in [6, 6.07) is 8.87. The van der Waals surface area contributed by atoms with Crippen molar-refractivity contribution < 1.29 is 18.7 Å². The van der Waals surface area contributed by atoms with Crippen LogP contribution in [0.4, 0.5) is 5.69 Å². The van der Waals surface area contributed by atoms with E-state index in [1.165, 1.54) is 37.7 Å². The highest BCUT2D eigenvalue weighted by Crippen LogP contribution is 2.37. The number of hydrogen-bond donors (Lipinski definition) is 1. The molecule has 152 valence electrons. The van der Waals surface area contributed by atoms with E-state index in [9.17, 15) is 9.59 Å². The van der Waals surface area contributed by atoms with E-state index >= 15 is 0 Å². The minimum absolute atomic E-state index is 0.275. The first-order chi connectivity index (χ1) is 14.0. The first-order valence-electron chi connectivity index (χ1n) is 9.48. The van der Waals surface area contributed by atoms with Gasteiger partial charge in [0.25, 0.3) is 5.91 Å². The lowest BCUT2D eigenvalue weighted by Crippen LogP contribution is -2.28. The van der Waals surface area contributed by atoms with Crippen molar-refractivity contribution >= 4 is 50.6 Å². The summed E-state index contributed by atoms with van der Waals surface area (Å²) in [5, 5.41) is 3.95. The van der Waals surface area contributed by atoms with Crippen LogP contribution in [0.15, 0.2) is 34.7 Å². The van der Waals surface area contributed by atoms with Crippen molar-refractivity contribution in [1.29, 1.82) is 0 Å². The van der Waals surface area contributed by atoms with E-state index in [2.05, 4.69) is 10.2 Å². The van der Waals surface area contributed by atoms with Gasteiger partial charge in [-0.05, 0) is 56.3 Å². The Morgan fingerprint density at radius 1 is 1.21 bits per heavy atom. The molecule has 0 bridgehead atoms. The maximum Gasteiger partial charge on any atom is 0.349 e. The van der Waals surface area contributed by atoms with Crippen molar-refractivity contribution in [3.63, 3.8) is 0 Å². The number of halogens is 1. The van der Waals surface area contributed by atoms with Crippen molar-refractivity contribution in [3.8, 4) is 0 Å². The monoisotopic (exact) mass is 432 g/mol. The number of anilines is 1. The third-order valence-corrected chi connectivity index (χ3v) is 6.61. The summed E-state index contributed by atoms with van der Waals surface area (Å²) >= 11 is 7.50. The highest BCUT2D eigenvalue weighted by Gasteiger charge is 2.19. The topological polar surface area (TPSA) is 71.8 Å². The molecule has 3 heterocycles. The molecule has 1 saturated heterocycles. The van der Waals surface area contributed by atoms with Crippen LogP contribution in [0.3, 0.4) is 0 Å². The molecule has 6 nitrogen and oxygen atoms in total. The van der Waals surface area contributed by atoms with E-state index < -0.39 is 5.97 Å². The Labute approximate surface area is 177 Å². The number of methoxy groups -OCH3 is 1. The number of rotatable bonds is 5. The zero-order valence-electron chi connectivity index (χ0n) is 16.0. The average Bonchev–Trinajstić information content (AvgIpc) is 3.33. The van der Waals surface area contributed by atoms with Crippen LogP contribution in [0.2, 0.25) is 5.02 Å². The van der Waals surface area contributed by atoms with Crippen molar-refractivity contribution in [1.82, 2.24) is 4.90 Å². The lowest BCUT2D eigenvalue weighted by Gasteiger charge is -2.25. The molecule has 0 atom stereocenters. The number of benzene rings is 1. The number of nitrogens with one attached hydrogen (secondary N) is 1. The van der Waals surface area contributed by atoms with Crippen LogP contribution in [0.1, 0.15) is 45.2 Å². The largest absolute Gasteiger partial charge is 0.465 e. The Hall–Kier alpha value is -2.35. The van der Waals surface area contributed by atoms with Gasteiger partial charge in [0.2, 0.25) is 0 Å². The van der Waals surface area contributed by atoms with E-state index in [4.69, 9.17) is 20.8 Å². The van der Waals surface area contributed by atoms with Gasteiger partial charge in [-0.1, -0.05) is 18.0 Å². The number of carbonyl (C=O) groups excluding carboxylic acids is 2. The second-order valence-electron chi connectivity index (χ2n) is 7.00. The molecule has 29 heavy (non-hydrogen) atoms. The number of likely N-dealkylation sites (tertiary alicyclic amines) is 1. The van der Waals surface area contributed by atoms with Crippen molar-refractivity contribution in [3.05, 3.63) is 51.8 Å². The molecule has 1 N–H and O–H groups in total. The average molecular weight is 433 g/mol. The van der Waals surface area contributed by atoms with Gasteiger partial charge < -0.3 is 14.5 Å². The number of nitrogens with zero attached hydrogens (tertiary/aromatic N) is 1. The van der Waals surface area contributed by atoms with E-state index in [-0.39, 0.29) is 11.7 Å². The van der Waals surface area contributed by atoms with Gasteiger partial charge in [0.1, 0.15) is 10.6 Å². The third-order valence-electron chi connectivity index (χ3n) is 4.97. The van der Waals surface area contributed by atoms with E-state index in [0.717, 1.165) is 35.5 Å². The molecular formula is C21H21ClN2O4S. The maximum atomic E-state index is 12.6. The normalized spacial score (nSPS) is 14.8. The molecule has 1 aliphatic rings. The fraction of sp³-hybridized carbons (Fsp3) is 0.333. The maximum absolute atomic E-state index is 12.6. The van der Waals surface area contributed by atoms with Crippen LogP contribution >= 0.6 is 22.9 Å². The summed E-state index contributed by atoms with van der Waals surface area (Å²) < 4.78 is 11.3. The molecule has 0 unspecified atom stereocenters. The van der Waals surface area contributed by atoms with Crippen LogP contribution in [-0.4, -0.2) is 37.0 Å². The molecule has 3 aromatic rings. The van der Waals surface area contributed by atoms with Gasteiger partial charge in [-0.3, -0.25) is 9.69 Å². The van der Waals surface area contributed by atoms with Gasteiger partial charge in [0, 0.05) is 15.8 Å². The highest BCUT2D eigenvalue weighted by molar-refractivity contribution is 7.21. The van der Waals surface area contributed by atoms with Crippen LogP contribution in [0.25, 0.3) is 10.1 Å². The number of hydrogen-bond acceptors (Lipinski definition) is 6. The third kappa shape index (κ3) is 4.32. The number of esters is 1. The fourth-order valence-electron chi connectivity index (χ4n) is 3.48. The summed E-state index contributed by atoms with van der Waals surface area (Å²) in [5.41, 5.74) is 0.603. The summed E-state index contributed by atoms with van der Waals surface area (Å²) in [7, 11) is 1.32. The fourth-order valence-corrected chi connectivity index (χ4v) is 4.95. The molecular weight excluding hydrogens is 412 g/mol. The molecule has 0 saturated carbocycles. The smallest absolute Gasteiger partial charge is 0.349 e. The molecule has 0 spiro atoms. The Balaban J connectivity index is 1.46. The van der Waals surface area contributed by atoms with Gasteiger partial charge in [-0.2, -0.15) is 0 Å². The van der Waals surface area contributed by atoms with E-state index in [0.29, 0.717) is 15.6 Å². The summed E-state index contributed by atoms with van der Waals surface area (Å²) in [6.45, 7) is 2.86. The van der Waals surface area contributed by atoms with Crippen LogP contribution in [0.5, 0.6) is 0 Å². The van der Waals surface area contributed by atoms with Crippen molar-refractivity contribution in [2.45, 2.75) is 25.8 Å². The lowest BCUT2D eigenvalue weighted by atomic mass is 10.1. The van der Waals surface area contributed by atoms with E-state index in [1.54, 1.807) is 24.3 Å². The molecule has 0 aliphatic carbocycles. The van der Waals surface area contributed by atoms with Crippen molar-refractivity contribution in [2.24, 2.45) is 0 Å². The van der Waals surface area contributed by atoms with Gasteiger partial charge in [-0.25, -0.2) is 4.79 Å². The minimum Gasteiger partial charge on any atom is -0.465 e. The molecule has 1 amide bonds. The Kier molecular flexibility index (Phi) is 5.89. The number of amides is 1. The molecule has 4 rings (SSSR count). The number of carbonyl (C=O) groups is 2.